The topological polar surface area (TPSA) is 84.1 Å². The highest BCUT2D eigenvalue weighted by Gasteiger charge is 2.19. The van der Waals surface area contributed by atoms with Crippen molar-refractivity contribution >= 4 is 23.4 Å². The van der Waals surface area contributed by atoms with Crippen LogP contribution in [0.2, 0.25) is 0 Å². The molecule has 6 nitrogen and oxygen atoms in total. The van der Waals surface area contributed by atoms with Gasteiger partial charge in [0.05, 0.1) is 18.1 Å². The zero-order chi connectivity index (χ0) is 17.8. The van der Waals surface area contributed by atoms with E-state index in [2.05, 4.69) is 15.3 Å². The van der Waals surface area contributed by atoms with Crippen molar-refractivity contribution in [3.63, 3.8) is 0 Å². The van der Waals surface area contributed by atoms with E-state index in [0.29, 0.717) is 10.8 Å². The number of hydrogen-bond acceptors (Lipinski definition) is 5. The molecule has 1 heterocycles. The van der Waals surface area contributed by atoms with Crippen LogP contribution >= 0.6 is 11.8 Å². The highest BCUT2D eigenvalue weighted by Crippen LogP contribution is 2.23. The molecule has 0 radical (unpaired) electrons. The molecular weight excluding hydrogens is 338 g/mol. The number of carbonyl (C=O) groups excluding carboxylic acids is 1. The van der Waals surface area contributed by atoms with E-state index in [1.54, 1.807) is 38.3 Å². The number of thioether (sulfide) groups is 1. The van der Waals surface area contributed by atoms with Gasteiger partial charge in [0.15, 0.2) is 5.16 Å². The molecule has 0 unspecified atom stereocenters. The Bertz CT molecular complexity index is 817. The number of rotatable bonds is 5. The number of hydrogen-bond donors (Lipinski definition) is 2. The normalized spacial score (nSPS) is 14.5. The van der Waals surface area contributed by atoms with Crippen LogP contribution in [0.1, 0.15) is 31.0 Å². The number of methoxy groups -OCH3 is 1. The second-order valence-electron chi connectivity index (χ2n) is 5.98. The molecule has 1 amide bonds. The van der Waals surface area contributed by atoms with Crippen LogP contribution in [-0.4, -0.2) is 28.2 Å². The summed E-state index contributed by atoms with van der Waals surface area (Å²) in [6, 6.07) is 7.15. The summed E-state index contributed by atoms with van der Waals surface area (Å²) in [6.45, 7) is 1.79. The van der Waals surface area contributed by atoms with Crippen molar-refractivity contribution in [1.82, 2.24) is 9.97 Å². The van der Waals surface area contributed by atoms with Crippen LogP contribution in [0.4, 0.5) is 5.69 Å². The number of ether oxygens (including phenoxy) is 1. The van der Waals surface area contributed by atoms with Gasteiger partial charge in [0, 0.05) is 11.3 Å². The van der Waals surface area contributed by atoms with E-state index in [1.807, 2.05) is 0 Å². The fourth-order valence-electron chi connectivity index (χ4n) is 2.78. The third kappa shape index (κ3) is 4.22. The van der Waals surface area contributed by atoms with Crippen LogP contribution < -0.4 is 15.6 Å². The second kappa shape index (κ2) is 7.74. The van der Waals surface area contributed by atoms with Gasteiger partial charge in [-0.1, -0.05) is 11.8 Å². The molecule has 0 fully saturated rings. The van der Waals surface area contributed by atoms with E-state index < -0.39 is 0 Å². The lowest BCUT2D eigenvalue weighted by atomic mass is 9.97. The largest absolute Gasteiger partial charge is 0.497 e. The van der Waals surface area contributed by atoms with Crippen LogP contribution in [0.25, 0.3) is 0 Å². The summed E-state index contributed by atoms with van der Waals surface area (Å²) in [7, 11) is 1.60. The zero-order valence-corrected chi connectivity index (χ0v) is 15.1. The Morgan fingerprint density at radius 3 is 2.72 bits per heavy atom. The van der Waals surface area contributed by atoms with Gasteiger partial charge in [-0.05, 0) is 56.9 Å². The number of H-pyrrole nitrogens is 1. The second-order valence-corrected chi connectivity index (χ2v) is 7.31. The number of benzene rings is 1. The molecule has 0 bridgehead atoms. The average molecular weight is 359 g/mol. The Hall–Kier alpha value is -2.28. The molecule has 0 saturated carbocycles. The first-order valence-electron chi connectivity index (χ1n) is 8.30. The fourth-order valence-corrected chi connectivity index (χ4v) is 3.59. The van der Waals surface area contributed by atoms with Crippen molar-refractivity contribution in [2.45, 2.75) is 43.0 Å². The van der Waals surface area contributed by atoms with E-state index in [-0.39, 0.29) is 16.7 Å². The van der Waals surface area contributed by atoms with Gasteiger partial charge in [0.2, 0.25) is 5.91 Å². The number of aryl methyl sites for hydroxylation is 1. The molecule has 0 spiro atoms. The molecule has 7 heteroatoms. The van der Waals surface area contributed by atoms with Gasteiger partial charge in [-0.15, -0.1) is 0 Å². The molecule has 0 saturated heterocycles. The Labute approximate surface area is 150 Å². The van der Waals surface area contributed by atoms with Crippen LogP contribution in [0, 0.1) is 0 Å². The summed E-state index contributed by atoms with van der Waals surface area (Å²) in [4.78, 5) is 31.9. The van der Waals surface area contributed by atoms with Crippen molar-refractivity contribution in [3.05, 3.63) is 45.9 Å². The van der Waals surface area contributed by atoms with E-state index >= 15 is 0 Å². The fraction of sp³-hybridized carbons (Fsp3) is 0.389. The number of carbonyl (C=O) groups is 1. The summed E-state index contributed by atoms with van der Waals surface area (Å²) in [6.07, 6.45) is 3.71. The SMILES string of the molecule is COc1ccc(NC(=O)[C@H](C)Sc2nc3c(c(=O)[nH]2)CCCC3)cc1. The first kappa shape index (κ1) is 17.5. The van der Waals surface area contributed by atoms with Crippen LogP contribution in [-0.2, 0) is 17.6 Å². The monoisotopic (exact) mass is 359 g/mol. The molecule has 1 aromatic heterocycles. The average Bonchev–Trinajstić information content (AvgIpc) is 2.62. The Morgan fingerprint density at radius 1 is 1.28 bits per heavy atom. The number of aromatic nitrogens is 2. The van der Waals surface area contributed by atoms with Gasteiger partial charge < -0.3 is 15.0 Å². The molecule has 2 N–H and O–H groups in total. The third-order valence-corrected chi connectivity index (χ3v) is 5.17. The van der Waals surface area contributed by atoms with E-state index in [9.17, 15) is 9.59 Å². The van der Waals surface area contributed by atoms with Crippen molar-refractivity contribution in [1.29, 1.82) is 0 Å². The maximum absolute atomic E-state index is 12.4. The summed E-state index contributed by atoms with van der Waals surface area (Å²) >= 11 is 1.26. The molecule has 3 rings (SSSR count). The van der Waals surface area contributed by atoms with Crippen LogP contribution in [0.3, 0.4) is 0 Å². The molecule has 1 aliphatic rings. The predicted molar refractivity (Wildman–Crippen MR) is 98.4 cm³/mol. The van der Waals surface area contributed by atoms with E-state index in [1.165, 1.54) is 11.8 Å². The van der Waals surface area contributed by atoms with Gasteiger partial charge in [0.1, 0.15) is 5.75 Å². The summed E-state index contributed by atoms with van der Waals surface area (Å²) in [5.41, 5.74) is 2.30. The summed E-state index contributed by atoms with van der Waals surface area (Å²) < 4.78 is 5.10. The first-order chi connectivity index (χ1) is 12.1. The summed E-state index contributed by atoms with van der Waals surface area (Å²) in [5, 5.41) is 2.98. The lowest BCUT2D eigenvalue weighted by molar-refractivity contribution is -0.115. The van der Waals surface area contributed by atoms with Crippen LogP contribution in [0.5, 0.6) is 5.75 Å². The zero-order valence-electron chi connectivity index (χ0n) is 14.3. The Morgan fingerprint density at radius 2 is 2.00 bits per heavy atom. The van der Waals surface area contributed by atoms with Gasteiger partial charge in [0.25, 0.3) is 5.56 Å². The Kier molecular flexibility index (Phi) is 5.43. The number of nitrogens with zero attached hydrogens (tertiary/aromatic N) is 1. The molecule has 1 atom stereocenters. The first-order valence-corrected chi connectivity index (χ1v) is 9.18. The van der Waals surface area contributed by atoms with E-state index in [0.717, 1.165) is 42.7 Å². The van der Waals surface area contributed by atoms with Gasteiger partial charge in [-0.25, -0.2) is 4.98 Å². The standard InChI is InChI=1S/C18H21N3O3S/c1-11(16(22)19-12-7-9-13(24-2)10-8-12)25-18-20-15-6-4-3-5-14(15)17(23)21-18/h7-11H,3-6H2,1-2H3,(H,19,22)(H,20,21,23)/t11-/m0/s1. The predicted octanol–water partition coefficient (Wildman–Crippen LogP) is 2.78. The minimum absolute atomic E-state index is 0.0741. The highest BCUT2D eigenvalue weighted by molar-refractivity contribution is 8.00. The van der Waals surface area contributed by atoms with Crippen molar-refractivity contribution < 1.29 is 9.53 Å². The van der Waals surface area contributed by atoms with Crippen LogP contribution in [0.15, 0.2) is 34.2 Å². The smallest absolute Gasteiger partial charge is 0.254 e. The molecule has 1 aromatic carbocycles. The number of aromatic amines is 1. The summed E-state index contributed by atoms with van der Waals surface area (Å²) in [5.74, 6) is 0.590. The van der Waals surface area contributed by atoms with Gasteiger partial charge in [-0.2, -0.15) is 0 Å². The lowest BCUT2D eigenvalue weighted by Crippen LogP contribution is -2.25. The third-order valence-electron chi connectivity index (χ3n) is 4.18. The molecule has 132 valence electrons. The highest BCUT2D eigenvalue weighted by atomic mass is 32.2. The number of fused-ring (bicyclic) bond motifs is 1. The van der Waals surface area contributed by atoms with Crippen molar-refractivity contribution in [2.24, 2.45) is 0 Å². The molecule has 2 aromatic rings. The van der Waals surface area contributed by atoms with Gasteiger partial charge >= 0.3 is 0 Å². The minimum Gasteiger partial charge on any atom is -0.497 e. The molecule has 1 aliphatic carbocycles. The molecule has 25 heavy (non-hydrogen) atoms. The van der Waals surface area contributed by atoms with Gasteiger partial charge in [-0.3, -0.25) is 9.59 Å². The number of nitrogens with one attached hydrogen (secondary N) is 2. The molecular formula is C18H21N3O3S. The Balaban J connectivity index is 1.66. The van der Waals surface area contributed by atoms with Crippen molar-refractivity contribution in [3.8, 4) is 5.75 Å². The lowest BCUT2D eigenvalue weighted by Gasteiger charge is -2.16. The minimum atomic E-state index is -0.383. The van der Waals surface area contributed by atoms with E-state index in [4.69, 9.17) is 4.74 Å². The maximum atomic E-state index is 12.4. The molecule has 0 aliphatic heterocycles. The maximum Gasteiger partial charge on any atom is 0.254 e. The number of anilines is 1. The van der Waals surface area contributed by atoms with Crippen molar-refractivity contribution in [2.75, 3.05) is 12.4 Å². The number of amides is 1. The quantitative estimate of drug-likeness (QED) is 0.633.